The SMILES string of the molecule is O=C(CCc1ncc(-c2ccccc2F)o1)Nc1ccc(NC(=O)NCc2ccco2)cc1. The van der Waals surface area contributed by atoms with Crippen LogP contribution >= 0.6 is 0 Å². The number of anilines is 2. The number of oxazole rings is 1. The van der Waals surface area contributed by atoms with Crippen LogP contribution in [0.25, 0.3) is 11.3 Å². The lowest BCUT2D eigenvalue weighted by Crippen LogP contribution is -2.27. The molecule has 0 bridgehead atoms. The van der Waals surface area contributed by atoms with Gasteiger partial charge in [-0.25, -0.2) is 14.2 Å². The Kier molecular flexibility index (Phi) is 6.79. The van der Waals surface area contributed by atoms with Gasteiger partial charge in [-0.05, 0) is 48.5 Å². The molecule has 3 amide bonds. The summed E-state index contributed by atoms with van der Waals surface area (Å²) in [6, 6.07) is 16.1. The minimum absolute atomic E-state index is 0.145. The number of aromatic nitrogens is 1. The summed E-state index contributed by atoms with van der Waals surface area (Å²) in [5.74, 6) is 0.697. The molecule has 0 atom stereocenters. The number of amides is 3. The van der Waals surface area contributed by atoms with Gasteiger partial charge in [0, 0.05) is 24.2 Å². The first-order valence-corrected chi connectivity index (χ1v) is 10.2. The Morgan fingerprint density at radius 1 is 0.939 bits per heavy atom. The number of furan rings is 1. The Labute approximate surface area is 188 Å². The first kappa shape index (κ1) is 21.8. The van der Waals surface area contributed by atoms with E-state index in [0.717, 1.165) is 0 Å². The van der Waals surface area contributed by atoms with Gasteiger partial charge in [0.25, 0.3) is 0 Å². The molecule has 8 nitrogen and oxygen atoms in total. The highest BCUT2D eigenvalue weighted by atomic mass is 19.1. The molecule has 0 aliphatic carbocycles. The Hall–Kier alpha value is -4.40. The van der Waals surface area contributed by atoms with Crippen LogP contribution in [0.1, 0.15) is 18.1 Å². The molecule has 4 aromatic rings. The molecule has 4 rings (SSSR count). The number of urea groups is 1. The second kappa shape index (κ2) is 10.3. The van der Waals surface area contributed by atoms with Crippen molar-refractivity contribution in [2.24, 2.45) is 0 Å². The standard InChI is InChI=1S/C24H21FN4O4/c25-20-6-2-1-5-19(20)21-15-26-23(33-21)12-11-22(30)28-16-7-9-17(10-8-16)29-24(31)27-14-18-4-3-13-32-18/h1-10,13,15H,11-12,14H2,(H,28,30)(H2,27,29,31). The van der Waals surface area contributed by atoms with E-state index in [4.69, 9.17) is 8.83 Å². The van der Waals surface area contributed by atoms with Crippen LogP contribution in [0.5, 0.6) is 0 Å². The molecule has 2 aromatic heterocycles. The van der Waals surface area contributed by atoms with E-state index in [9.17, 15) is 14.0 Å². The van der Waals surface area contributed by atoms with E-state index in [-0.39, 0.29) is 31.3 Å². The van der Waals surface area contributed by atoms with Crippen LogP contribution < -0.4 is 16.0 Å². The third-order valence-electron chi connectivity index (χ3n) is 4.69. The Morgan fingerprint density at radius 2 is 1.70 bits per heavy atom. The smallest absolute Gasteiger partial charge is 0.319 e. The average molecular weight is 448 g/mol. The molecular weight excluding hydrogens is 427 g/mol. The van der Waals surface area contributed by atoms with E-state index < -0.39 is 5.82 Å². The zero-order valence-electron chi connectivity index (χ0n) is 17.5. The minimum atomic E-state index is -0.397. The molecular formula is C24H21FN4O4. The number of benzene rings is 2. The largest absolute Gasteiger partial charge is 0.467 e. The summed E-state index contributed by atoms with van der Waals surface area (Å²) in [4.78, 5) is 28.3. The highest BCUT2D eigenvalue weighted by Crippen LogP contribution is 2.23. The van der Waals surface area contributed by atoms with Gasteiger partial charge < -0.3 is 24.8 Å². The molecule has 2 heterocycles. The van der Waals surface area contributed by atoms with Crippen LogP contribution in [0, 0.1) is 5.82 Å². The van der Waals surface area contributed by atoms with Crippen molar-refractivity contribution in [1.29, 1.82) is 0 Å². The van der Waals surface area contributed by atoms with Gasteiger partial charge in [0.05, 0.1) is 24.6 Å². The molecule has 0 radical (unpaired) electrons. The predicted octanol–water partition coefficient (Wildman–Crippen LogP) is 4.97. The van der Waals surface area contributed by atoms with Crippen molar-refractivity contribution in [1.82, 2.24) is 10.3 Å². The molecule has 0 aliphatic heterocycles. The molecule has 3 N–H and O–H groups in total. The van der Waals surface area contributed by atoms with Gasteiger partial charge in [0.2, 0.25) is 5.91 Å². The summed E-state index contributed by atoms with van der Waals surface area (Å²) < 4.78 is 24.6. The van der Waals surface area contributed by atoms with Gasteiger partial charge >= 0.3 is 6.03 Å². The third-order valence-corrected chi connectivity index (χ3v) is 4.69. The number of carbonyl (C=O) groups excluding carboxylic acids is 2. The van der Waals surface area contributed by atoms with Crippen molar-refractivity contribution < 1.29 is 22.8 Å². The number of nitrogens with one attached hydrogen (secondary N) is 3. The number of aryl methyl sites for hydroxylation is 1. The van der Waals surface area contributed by atoms with Gasteiger partial charge in [-0.2, -0.15) is 0 Å². The zero-order valence-corrected chi connectivity index (χ0v) is 17.5. The van der Waals surface area contributed by atoms with Crippen molar-refractivity contribution in [2.45, 2.75) is 19.4 Å². The fourth-order valence-corrected chi connectivity index (χ4v) is 3.05. The van der Waals surface area contributed by atoms with Crippen molar-refractivity contribution >= 4 is 23.3 Å². The van der Waals surface area contributed by atoms with Crippen LogP contribution in [-0.2, 0) is 17.8 Å². The summed E-state index contributed by atoms with van der Waals surface area (Å²) in [7, 11) is 0. The van der Waals surface area contributed by atoms with Crippen molar-refractivity contribution in [3.8, 4) is 11.3 Å². The number of hydrogen-bond donors (Lipinski definition) is 3. The molecule has 9 heteroatoms. The monoisotopic (exact) mass is 448 g/mol. The van der Waals surface area contributed by atoms with Gasteiger partial charge in [0.1, 0.15) is 11.6 Å². The normalized spacial score (nSPS) is 10.6. The van der Waals surface area contributed by atoms with Crippen LogP contribution in [0.2, 0.25) is 0 Å². The lowest BCUT2D eigenvalue weighted by atomic mass is 10.2. The quantitative estimate of drug-likeness (QED) is 0.353. The van der Waals surface area contributed by atoms with Gasteiger partial charge in [-0.3, -0.25) is 4.79 Å². The fourth-order valence-electron chi connectivity index (χ4n) is 3.05. The highest BCUT2D eigenvalue weighted by Gasteiger charge is 2.12. The van der Waals surface area contributed by atoms with Crippen molar-refractivity contribution in [2.75, 3.05) is 10.6 Å². The molecule has 0 unspecified atom stereocenters. The molecule has 0 saturated heterocycles. The van der Waals surface area contributed by atoms with Crippen LogP contribution in [-0.4, -0.2) is 16.9 Å². The molecule has 0 fully saturated rings. The highest BCUT2D eigenvalue weighted by molar-refractivity contribution is 5.92. The number of halogens is 1. The summed E-state index contributed by atoms with van der Waals surface area (Å²) in [6.07, 6.45) is 3.40. The lowest BCUT2D eigenvalue weighted by Gasteiger charge is -2.08. The van der Waals surface area contributed by atoms with Gasteiger partial charge in [-0.1, -0.05) is 12.1 Å². The Bertz CT molecular complexity index is 1220. The number of nitrogens with zero attached hydrogens (tertiary/aromatic N) is 1. The summed E-state index contributed by atoms with van der Waals surface area (Å²) >= 11 is 0. The van der Waals surface area contributed by atoms with Crippen molar-refractivity contribution in [3.05, 3.63) is 90.6 Å². The van der Waals surface area contributed by atoms with Gasteiger partial charge in [0.15, 0.2) is 11.7 Å². The summed E-state index contributed by atoms with van der Waals surface area (Å²) in [6.45, 7) is 0.277. The van der Waals surface area contributed by atoms with E-state index in [0.29, 0.717) is 34.3 Å². The predicted molar refractivity (Wildman–Crippen MR) is 120 cm³/mol. The topological polar surface area (TPSA) is 109 Å². The maximum Gasteiger partial charge on any atom is 0.319 e. The van der Waals surface area contributed by atoms with E-state index in [1.54, 1.807) is 54.6 Å². The maximum absolute atomic E-state index is 13.9. The average Bonchev–Trinajstić information content (AvgIpc) is 3.50. The number of carbonyl (C=O) groups is 2. The second-order valence-corrected chi connectivity index (χ2v) is 7.11. The fraction of sp³-hybridized carbons (Fsp3) is 0.125. The van der Waals surface area contributed by atoms with E-state index >= 15 is 0 Å². The summed E-state index contributed by atoms with van der Waals surface area (Å²) in [5, 5.41) is 8.15. The summed E-state index contributed by atoms with van der Waals surface area (Å²) in [5.41, 5.74) is 1.48. The number of rotatable bonds is 8. The Morgan fingerprint density at radius 3 is 2.42 bits per heavy atom. The lowest BCUT2D eigenvalue weighted by molar-refractivity contribution is -0.116. The molecule has 168 valence electrons. The van der Waals surface area contributed by atoms with E-state index in [1.165, 1.54) is 18.5 Å². The molecule has 0 saturated carbocycles. The molecule has 2 aromatic carbocycles. The first-order chi connectivity index (χ1) is 16.1. The maximum atomic E-state index is 13.9. The minimum Gasteiger partial charge on any atom is -0.467 e. The van der Waals surface area contributed by atoms with E-state index in [2.05, 4.69) is 20.9 Å². The Balaban J connectivity index is 1.23. The van der Waals surface area contributed by atoms with Crippen LogP contribution in [0.15, 0.2) is 82.0 Å². The van der Waals surface area contributed by atoms with Crippen LogP contribution in [0.3, 0.4) is 0 Å². The van der Waals surface area contributed by atoms with Crippen LogP contribution in [0.4, 0.5) is 20.6 Å². The second-order valence-electron chi connectivity index (χ2n) is 7.11. The first-order valence-electron chi connectivity index (χ1n) is 10.2. The van der Waals surface area contributed by atoms with Crippen molar-refractivity contribution in [3.63, 3.8) is 0 Å². The molecule has 0 spiro atoms. The molecule has 0 aliphatic rings. The zero-order chi connectivity index (χ0) is 23.0. The van der Waals surface area contributed by atoms with E-state index in [1.807, 2.05) is 0 Å². The third kappa shape index (κ3) is 6.07. The molecule has 33 heavy (non-hydrogen) atoms. The number of hydrogen-bond acceptors (Lipinski definition) is 5. The van der Waals surface area contributed by atoms with Gasteiger partial charge in [-0.15, -0.1) is 0 Å².